The van der Waals surface area contributed by atoms with Crippen LogP contribution in [0.3, 0.4) is 0 Å². The summed E-state index contributed by atoms with van der Waals surface area (Å²) in [6, 6.07) is 8.02. The van der Waals surface area contributed by atoms with E-state index < -0.39 is 5.54 Å². The van der Waals surface area contributed by atoms with Crippen LogP contribution in [0, 0.1) is 0 Å². The van der Waals surface area contributed by atoms with Crippen LogP contribution in [0.1, 0.15) is 32.2 Å². The topological polar surface area (TPSA) is 64.9 Å². The SMILES string of the molecule is CCc1ccccc1-c1nc(C(C)(C)N)no1. The molecule has 4 heteroatoms. The molecule has 0 radical (unpaired) electrons. The Kier molecular flexibility index (Phi) is 2.98. The standard InChI is InChI=1S/C13H17N3O/c1-4-9-7-5-6-8-10(9)11-15-12(16-17-11)13(2,3)14/h5-8H,4,14H2,1-3H3. The molecule has 0 atom stereocenters. The average Bonchev–Trinajstić information content (AvgIpc) is 2.77. The van der Waals surface area contributed by atoms with E-state index in [1.54, 1.807) is 0 Å². The third-order valence-electron chi connectivity index (χ3n) is 2.63. The van der Waals surface area contributed by atoms with Crippen molar-refractivity contribution >= 4 is 0 Å². The zero-order chi connectivity index (χ0) is 12.5. The predicted molar refractivity (Wildman–Crippen MR) is 66.3 cm³/mol. The summed E-state index contributed by atoms with van der Waals surface area (Å²) in [5.41, 5.74) is 7.53. The summed E-state index contributed by atoms with van der Waals surface area (Å²) in [5.74, 6) is 1.06. The van der Waals surface area contributed by atoms with E-state index in [0.717, 1.165) is 12.0 Å². The van der Waals surface area contributed by atoms with Gasteiger partial charge in [-0.15, -0.1) is 0 Å². The molecule has 0 amide bonds. The maximum absolute atomic E-state index is 5.93. The van der Waals surface area contributed by atoms with Crippen molar-refractivity contribution in [1.29, 1.82) is 0 Å². The first-order valence-electron chi connectivity index (χ1n) is 5.73. The van der Waals surface area contributed by atoms with Gasteiger partial charge in [-0.3, -0.25) is 0 Å². The summed E-state index contributed by atoms with van der Waals surface area (Å²) in [6.45, 7) is 5.81. The third kappa shape index (κ3) is 2.36. The molecule has 0 unspecified atom stereocenters. The van der Waals surface area contributed by atoms with Crippen molar-refractivity contribution in [3.63, 3.8) is 0 Å². The van der Waals surface area contributed by atoms with Gasteiger partial charge in [0.1, 0.15) is 0 Å². The summed E-state index contributed by atoms with van der Waals surface area (Å²) < 4.78 is 5.28. The molecular formula is C13H17N3O. The van der Waals surface area contributed by atoms with Gasteiger partial charge in [-0.05, 0) is 31.9 Å². The van der Waals surface area contributed by atoms with Crippen LogP contribution in [0.15, 0.2) is 28.8 Å². The minimum absolute atomic E-state index is 0.526. The van der Waals surface area contributed by atoms with Crippen molar-refractivity contribution in [2.45, 2.75) is 32.7 Å². The van der Waals surface area contributed by atoms with Crippen molar-refractivity contribution < 1.29 is 4.52 Å². The molecule has 4 nitrogen and oxygen atoms in total. The Labute approximate surface area is 101 Å². The zero-order valence-electron chi connectivity index (χ0n) is 10.4. The first-order chi connectivity index (χ1) is 8.02. The summed E-state index contributed by atoms with van der Waals surface area (Å²) in [4.78, 5) is 4.36. The van der Waals surface area contributed by atoms with Gasteiger partial charge in [-0.2, -0.15) is 4.98 Å². The summed E-state index contributed by atoms with van der Waals surface area (Å²) in [6.07, 6.45) is 0.930. The number of nitrogens with zero attached hydrogens (tertiary/aromatic N) is 2. The van der Waals surface area contributed by atoms with Crippen molar-refractivity contribution in [1.82, 2.24) is 10.1 Å². The third-order valence-corrected chi connectivity index (χ3v) is 2.63. The number of aryl methyl sites for hydroxylation is 1. The van der Waals surface area contributed by atoms with Gasteiger partial charge in [0.05, 0.1) is 5.54 Å². The molecule has 2 rings (SSSR count). The number of aromatic nitrogens is 2. The molecule has 1 heterocycles. The maximum Gasteiger partial charge on any atom is 0.258 e. The number of rotatable bonds is 3. The molecule has 0 spiro atoms. The number of hydrogen-bond donors (Lipinski definition) is 1. The maximum atomic E-state index is 5.93. The van der Waals surface area contributed by atoms with Gasteiger partial charge in [-0.25, -0.2) is 0 Å². The molecule has 0 aliphatic heterocycles. The van der Waals surface area contributed by atoms with E-state index in [2.05, 4.69) is 23.1 Å². The Bertz CT molecular complexity index is 511. The Morgan fingerprint density at radius 1 is 1.29 bits per heavy atom. The van der Waals surface area contributed by atoms with Crippen LogP contribution >= 0.6 is 0 Å². The number of hydrogen-bond acceptors (Lipinski definition) is 4. The van der Waals surface area contributed by atoms with Crippen LogP contribution < -0.4 is 5.73 Å². The minimum Gasteiger partial charge on any atom is -0.334 e. The van der Waals surface area contributed by atoms with E-state index in [9.17, 15) is 0 Å². The van der Waals surface area contributed by atoms with Crippen LogP contribution in [0.4, 0.5) is 0 Å². The van der Waals surface area contributed by atoms with Gasteiger partial charge in [0.25, 0.3) is 5.89 Å². The highest BCUT2D eigenvalue weighted by molar-refractivity contribution is 5.58. The predicted octanol–water partition coefficient (Wildman–Crippen LogP) is 2.49. The van der Waals surface area contributed by atoms with Crippen molar-refractivity contribution in [2.24, 2.45) is 5.73 Å². The van der Waals surface area contributed by atoms with Crippen molar-refractivity contribution in [2.75, 3.05) is 0 Å². The molecule has 0 bridgehead atoms. The molecule has 0 saturated heterocycles. The van der Waals surface area contributed by atoms with Crippen LogP contribution in [0.2, 0.25) is 0 Å². The van der Waals surface area contributed by atoms with Crippen LogP contribution in [0.25, 0.3) is 11.5 Å². The van der Waals surface area contributed by atoms with Gasteiger partial charge in [0, 0.05) is 5.56 Å². The fourth-order valence-electron chi connectivity index (χ4n) is 1.63. The van der Waals surface area contributed by atoms with Gasteiger partial charge in [0.2, 0.25) is 0 Å². The summed E-state index contributed by atoms with van der Waals surface area (Å²) in [7, 11) is 0. The van der Waals surface area contributed by atoms with E-state index in [1.807, 2.05) is 32.0 Å². The minimum atomic E-state index is -0.580. The monoisotopic (exact) mass is 231 g/mol. The van der Waals surface area contributed by atoms with Crippen LogP contribution in [-0.2, 0) is 12.0 Å². The van der Waals surface area contributed by atoms with Crippen molar-refractivity contribution in [3.8, 4) is 11.5 Å². The Morgan fingerprint density at radius 3 is 2.59 bits per heavy atom. The molecule has 2 N–H and O–H groups in total. The van der Waals surface area contributed by atoms with E-state index in [0.29, 0.717) is 11.7 Å². The molecule has 0 aliphatic rings. The van der Waals surface area contributed by atoms with E-state index in [4.69, 9.17) is 10.3 Å². The molecule has 17 heavy (non-hydrogen) atoms. The molecule has 0 saturated carbocycles. The molecule has 1 aromatic carbocycles. The fraction of sp³-hybridized carbons (Fsp3) is 0.385. The van der Waals surface area contributed by atoms with Crippen molar-refractivity contribution in [3.05, 3.63) is 35.7 Å². The highest BCUT2D eigenvalue weighted by Gasteiger charge is 2.22. The molecule has 0 aliphatic carbocycles. The first kappa shape index (κ1) is 11.8. The van der Waals surface area contributed by atoms with E-state index in [-0.39, 0.29) is 0 Å². The van der Waals surface area contributed by atoms with Gasteiger partial charge in [0.15, 0.2) is 5.82 Å². The fourth-order valence-corrected chi connectivity index (χ4v) is 1.63. The first-order valence-corrected chi connectivity index (χ1v) is 5.73. The zero-order valence-corrected chi connectivity index (χ0v) is 10.4. The highest BCUT2D eigenvalue weighted by Crippen LogP contribution is 2.24. The summed E-state index contributed by atoms with van der Waals surface area (Å²) in [5, 5.41) is 3.93. The lowest BCUT2D eigenvalue weighted by Crippen LogP contribution is -2.30. The highest BCUT2D eigenvalue weighted by atomic mass is 16.5. The molecule has 1 aromatic heterocycles. The lowest BCUT2D eigenvalue weighted by atomic mass is 10.0. The Balaban J connectivity index is 2.44. The van der Waals surface area contributed by atoms with Gasteiger partial charge < -0.3 is 10.3 Å². The largest absolute Gasteiger partial charge is 0.334 e. The Hall–Kier alpha value is -1.68. The van der Waals surface area contributed by atoms with Crippen LogP contribution in [-0.4, -0.2) is 10.1 Å². The van der Waals surface area contributed by atoms with Gasteiger partial charge in [-0.1, -0.05) is 30.3 Å². The van der Waals surface area contributed by atoms with E-state index >= 15 is 0 Å². The van der Waals surface area contributed by atoms with Crippen LogP contribution in [0.5, 0.6) is 0 Å². The average molecular weight is 231 g/mol. The number of nitrogens with two attached hydrogens (primary N) is 1. The lowest BCUT2D eigenvalue weighted by Gasteiger charge is -2.11. The lowest BCUT2D eigenvalue weighted by molar-refractivity contribution is 0.397. The molecule has 90 valence electrons. The second kappa shape index (κ2) is 4.30. The second-order valence-electron chi connectivity index (χ2n) is 4.66. The molecule has 2 aromatic rings. The molecule has 0 fully saturated rings. The number of benzene rings is 1. The normalized spacial score (nSPS) is 11.8. The summed E-state index contributed by atoms with van der Waals surface area (Å²) >= 11 is 0. The molecular weight excluding hydrogens is 214 g/mol. The smallest absolute Gasteiger partial charge is 0.258 e. The quantitative estimate of drug-likeness (QED) is 0.881. The Morgan fingerprint density at radius 2 is 2.00 bits per heavy atom. The van der Waals surface area contributed by atoms with Gasteiger partial charge >= 0.3 is 0 Å². The van der Waals surface area contributed by atoms with E-state index in [1.165, 1.54) is 5.56 Å². The second-order valence-corrected chi connectivity index (χ2v) is 4.66.